The number of hydrogen-bond acceptors (Lipinski definition) is 3. The van der Waals surface area contributed by atoms with Gasteiger partial charge in [0.15, 0.2) is 0 Å². The Bertz CT molecular complexity index is 953. The van der Waals surface area contributed by atoms with Crippen molar-refractivity contribution in [3.63, 3.8) is 0 Å². The fourth-order valence-electron chi connectivity index (χ4n) is 2.71. The number of carbonyl (C=O) groups is 1. The number of fused-ring (bicyclic) bond motifs is 1. The lowest BCUT2D eigenvalue weighted by Gasteiger charge is -2.06. The molecular formula is C19H17N5O. The Hall–Kier alpha value is -3.41. The third kappa shape index (κ3) is 3.28. The molecule has 0 saturated carbocycles. The van der Waals surface area contributed by atoms with Crippen molar-refractivity contribution < 1.29 is 4.79 Å². The molecule has 0 aliphatic heterocycles. The van der Waals surface area contributed by atoms with Gasteiger partial charge >= 0.3 is 0 Å². The number of H-pyrrole nitrogens is 1. The van der Waals surface area contributed by atoms with Gasteiger partial charge in [-0.2, -0.15) is 5.10 Å². The zero-order valence-corrected chi connectivity index (χ0v) is 13.5. The molecule has 0 saturated heterocycles. The lowest BCUT2D eigenvalue weighted by atomic mass is 10.2. The van der Waals surface area contributed by atoms with E-state index in [0.29, 0.717) is 18.5 Å². The van der Waals surface area contributed by atoms with Crippen LogP contribution in [0.15, 0.2) is 67.0 Å². The van der Waals surface area contributed by atoms with Crippen molar-refractivity contribution in [2.45, 2.75) is 6.42 Å². The highest BCUT2D eigenvalue weighted by molar-refractivity contribution is 5.94. The maximum Gasteiger partial charge on any atom is 0.251 e. The molecule has 4 rings (SSSR count). The number of carbonyl (C=O) groups excluding carboxylic acids is 1. The molecule has 2 N–H and O–H groups in total. The average molecular weight is 331 g/mol. The summed E-state index contributed by atoms with van der Waals surface area (Å²) >= 11 is 0. The first kappa shape index (κ1) is 15.1. The number of aromatic amines is 1. The maximum atomic E-state index is 12.2. The fraction of sp³-hybridized carbons (Fsp3) is 0.105. The Labute approximate surface area is 144 Å². The van der Waals surface area contributed by atoms with Gasteiger partial charge in [0.05, 0.1) is 16.7 Å². The van der Waals surface area contributed by atoms with Gasteiger partial charge in [-0.05, 0) is 42.5 Å². The molecule has 0 spiro atoms. The van der Waals surface area contributed by atoms with E-state index in [9.17, 15) is 4.79 Å². The second-order valence-electron chi connectivity index (χ2n) is 5.70. The van der Waals surface area contributed by atoms with Crippen molar-refractivity contribution in [3.8, 4) is 5.69 Å². The standard InChI is InChI=1S/C19H17N5O/c25-19(14-6-8-15(9-7-14)24-13-3-11-21-24)20-12-10-18-22-16-4-1-2-5-17(16)23-18/h1-9,11,13H,10,12H2,(H,20,25)(H,22,23). The molecule has 0 aliphatic rings. The minimum absolute atomic E-state index is 0.0943. The third-order valence-electron chi connectivity index (χ3n) is 3.98. The highest BCUT2D eigenvalue weighted by Gasteiger charge is 2.07. The van der Waals surface area contributed by atoms with E-state index < -0.39 is 0 Å². The smallest absolute Gasteiger partial charge is 0.251 e. The summed E-state index contributed by atoms with van der Waals surface area (Å²) in [4.78, 5) is 20.0. The molecule has 1 amide bonds. The number of benzene rings is 2. The van der Waals surface area contributed by atoms with Gasteiger partial charge in [0.25, 0.3) is 5.91 Å². The van der Waals surface area contributed by atoms with Crippen LogP contribution in [0.1, 0.15) is 16.2 Å². The van der Waals surface area contributed by atoms with Gasteiger partial charge in [0, 0.05) is 30.9 Å². The number of amides is 1. The van der Waals surface area contributed by atoms with E-state index in [0.717, 1.165) is 22.5 Å². The first-order valence-electron chi connectivity index (χ1n) is 8.11. The predicted molar refractivity (Wildman–Crippen MR) is 95.7 cm³/mol. The van der Waals surface area contributed by atoms with Crippen LogP contribution in [0, 0.1) is 0 Å². The van der Waals surface area contributed by atoms with Gasteiger partial charge in [-0.1, -0.05) is 12.1 Å². The number of rotatable bonds is 5. The van der Waals surface area contributed by atoms with Crippen LogP contribution in [0.2, 0.25) is 0 Å². The summed E-state index contributed by atoms with van der Waals surface area (Å²) in [7, 11) is 0. The quantitative estimate of drug-likeness (QED) is 0.590. The monoisotopic (exact) mass is 331 g/mol. The van der Waals surface area contributed by atoms with E-state index in [1.807, 2.05) is 48.7 Å². The predicted octanol–water partition coefficient (Wildman–Crippen LogP) is 2.72. The summed E-state index contributed by atoms with van der Waals surface area (Å²) < 4.78 is 1.75. The molecule has 0 atom stereocenters. The zero-order chi connectivity index (χ0) is 17.1. The van der Waals surface area contributed by atoms with E-state index in [4.69, 9.17) is 0 Å². The second kappa shape index (κ2) is 6.60. The van der Waals surface area contributed by atoms with Crippen LogP contribution in [0.3, 0.4) is 0 Å². The number of nitrogens with zero attached hydrogens (tertiary/aromatic N) is 3. The Morgan fingerprint density at radius 3 is 2.68 bits per heavy atom. The molecule has 25 heavy (non-hydrogen) atoms. The highest BCUT2D eigenvalue weighted by atomic mass is 16.1. The highest BCUT2D eigenvalue weighted by Crippen LogP contribution is 2.11. The van der Waals surface area contributed by atoms with E-state index >= 15 is 0 Å². The Kier molecular flexibility index (Phi) is 4.00. The number of nitrogens with one attached hydrogen (secondary N) is 2. The van der Waals surface area contributed by atoms with Gasteiger partial charge in [-0.3, -0.25) is 4.79 Å². The Morgan fingerprint density at radius 2 is 1.92 bits per heavy atom. The van der Waals surface area contributed by atoms with Gasteiger partial charge in [0.2, 0.25) is 0 Å². The van der Waals surface area contributed by atoms with Crippen molar-refractivity contribution in [1.29, 1.82) is 0 Å². The van der Waals surface area contributed by atoms with Crippen LogP contribution in [-0.4, -0.2) is 32.2 Å². The molecular weight excluding hydrogens is 314 g/mol. The molecule has 2 aromatic heterocycles. The third-order valence-corrected chi connectivity index (χ3v) is 3.98. The van der Waals surface area contributed by atoms with Crippen LogP contribution < -0.4 is 5.32 Å². The minimum atomic E-state index is -0.0943. The fourth-order valence-corrected chi connectivity index (χ4v) is 2.71. The van der Waals surface area contributed by atoms with Crippen LogP contribution in [-0.2, 0) is 6.42 Å². The van der Waals surface area contributed by atoms with Crippen molar-refractivity contribution in [2.75, 3.05) is 6.54 Å². The first-order chi connectivity index (χ1) is 12.3. The molecule has 0 fully saturated rings. The number of hydrogen-bond donors (Lipinski definition) is 2. The van der Waals surface area contributed by atoms with Crippen molar-refractivity contribution in [2.24, 2.45) is 0 Å². The summed E-state index contributed by atoms with van der Waals surface area (Å²) in [6, 6.07) is 17.1. The molecule has 4 aromatic rings. The number of imidazole rings is 1. The number of aromatic nitrogens is 4. The van der Waals surface area contributed by atoms with Crippen molar-refractivity contribution in [1.82, 2.24) is 25.1 Å². The van der Waals surface area contributed by atoms with Crippen LogP contribution in [0.5, 0.6) is 0 Å². The van der Waals surface area contributed by atoms with E-state index in [1.165, 1.54) is 0 Å². The molecule has 0 unspecified atom stereocenters. The van der Waals surface area contributed by atoms with Crippen LogP contribution in [0.4, 0.5) is 0 Å². The summed E-state index contributed by atoms with van der Waals surface area (Å²) in [5, 5.41) is 7.09. The Balaban J connectivity index is 1.35. The summed E-state index contributed by atoms with van der Waals surface area (Å²) in [5.74, 6) is 0.777. The molecule has 2 heterocycles. The van der Waals surface area contributed by atoms with Crippen LogP contribution >= 0.6 is 0 Å². The Morgan fingerprint density at radius 1 is 1.08 bits per heavy atom. The van der Waals surface area contributed by atoms with Gasteiger partial charge < -0.3 is 10.3 Å². The summed E-state index contributed by atoms with van der Waals surface area (Å²) in [6.07, 6.45) is 4.24. The SMILES string of the molecule is O=C(NCCc1nc2ccccc2[nH]1)c1ccc(-n2cccn2)cc1. The average Bonchev–Trinajstić information content (AvgIpc) is 3.31. The normalized spacial score (nSPS) is 10.9. The molecule has 0 aliphatic carbocycles. The second-order valence-corrected chi connectivity index (χ2v) is 5.70. The minimum Gasteiger partial charge on any atom is -0.352 e. The molecule has 6 heteroatoms. The molecule has 0 bridgehead atoms. The number of para-hydroxylation sites is 2. The lowest BCUT2D eigenvalue weighted by molar-refractivity contribution is 0.0954. The van der Waals surface area contributed by atoms with E-state index in [2.05, 4.69) is 20.4 Å². The molecule has 124 valence electrons. The van der Waals surface area contributed by atoms with Gasteiger partial charge in [0.1, 0.15) is 5.82 Å². The molecule has 6 nitrogen and oxygen atoms in total. The van der Waals surface area contributed by atoms with E-state index in [-0.39, 0.29) is 5.91 Å². The van der Waals surface area contributed by atoms with E-state index in [1.54, 1.807) is 23.0 Å². The van der Waals surface area contributed by atoms with Crippen LogP contribution in [0.25, 0.3) is 16.7 Å². The molecule has 0 radical (unpaired) electrons. The zero-order valence-electron chi connectivity index (χ0n) is 13.5. The summed E-state index contributed by atoms with van der Waals surface area (Å²) in [6.45, 7) is 0.527. The lowest BCUT2D eigenvalue weighted by Crippen LogP contribution is -2.25. The molecule has 2 aromatic carbocycles. The first-order valence-corrected chi connectivity index (χ1v) is 8.11. The van der Waals surface area contributed by atoms with Crippen molar-refractivity contribution >= 4 is 16.9 Å². The largest absolute Gasteiger partial charge is 0.352 e. The van der Waals surface area contributed by atoms with Crippen molar-refractivity contribution in [3.05, 3.63) is 78.4 Å². The summed E-state index contributed by atoms with van der Waals surface area (Å²) in [5.41, 5.74) is 3.50. The van der Waals surface area contributed by atoms with Gasteiger partial charge in [-0.25, -0.2) is 9.67 Å². The topological polar surface area (TPSA) is 75.6 Å². The van der Waals surface area contributed by atoms with Gasteiger partial charge in [-0.15, -0.1) is 0 Å². The maximum absolute atomic E-state index is 12.2.